The summed E-state index contributed by atoms with van der Waals surface area (Å²) in [6.45, 7) is 0.568. The van der Waals surface area contributed by atoms with Gasteiger partial charge >= 0.3 is 12.1 Å². The van der Waals surface area contributed by atoms with Gasteiger partial charge in [0.15, 0.2) is 17.0 Å². The summed E-state index contributed by atoms with van der Waals surface area (Å²) in [7, 11) is 0. The molecule has 1 fully saturated rings. The monoisotopic (exact) mass is 578 g/mol. The average molecular weight is 579 g/mol. The van der Waals surface area contributed by atoms with Crippen molar-refractivity contribution in [3.05, 3.63) is 83.4 Å². The summed E-state index contributed by atoms with van der Waals surface area (Å²) in [4.78, 5) is 22.1. The Morgan fingerprint density at radius 3 is 2.08 bits per heavy atom. The number of anilines is 1. The topological polar surface area (TPSA) is 159 Å². The summed E-state index contributed by atoms with van der Waals surface area (Å²) in [6.07, 6.45) is -5.10. The van der Waals surface area contributed by atoms with Gasteiger partial charge in [-0.15, -0.1) is 0 Å². The van der Waals surface area contributed by atoms with Crippen molar-refractivity contribution < 1.29 is 33.3 Å². The molecule has 0 radical (unpaired) electrons. The number of imidazole rings is 1. The van der Waals surface area contributed by atoms with E-state index in [2.05, 4.69) is 44.5 Å². The molecule has 2 aromatic carbocycles. The zero-order chi connectivity index (χ0) is 29.0. The van der Waals surface area contributed by atoms with Gasteiger partial charge in [0.2, 0.25) is 5.28 Å². The maximum Gasteiger partial charge on any atom is 0.490 e. The standard InChI is InChI=1S/C24H25ClN6O2.C2HF3O2/c25-24-29-22(19-23(30-24)31(13-28-19)18-11-17(26)20(32)21(18)33)27-12-16(14-7-3-1-4-8-14)15-9-5-2-6-10-15;3-2(4,5)1(6)7/h1-10,13,16-18,20-21,32-33H,11-12,26H2,(H,27,29,30);(H,6,7)/t17-,18?,20+,21-;/m0./s1. The van der Waals surface area contributed by atoms with Crippen LogP contribution in [-0.4, -0.2) is 71.8 Å². The van der Waals surface area contributed by atoms with E-state index >= 15 is 0 Å². The van der Waals surface area contributed by atoms with E-state index < -0.39 is 36.4 Å². The lowest BCUT2D eigenvalue weighted by atomic mass is 9.91. The fourth-order valence-electron chi connectivity index (χ4n) is 4.57. The number of hydrogen-bond acceptors (Lipinski definition) is 8. The van der Waals surface area contributed by atoms with Crippen LogP contribution in [0.3, 0.4) is 0 Å². The second-order valence-electron chi connectivity index (χ2n) is 9.17. The molecule has 212 valence electrons. The Morgan fingerprint density at radius 2 is 1.60 bits per heavy atom. The molecule has 14 heteroatoms. The van der Waals surface area contributed by atoms with Crippen LogP contribution in [0.25, 0.3) is 11.2 Å². The number of aliphatic carboxylic acids is 1. The van der Waals surface area contributed by atoms with Crippen molar-refractivity contribution in [2.75, 3.05) is 11.9 Å². The molecule has 1 unspecified atom stereocenters. The third-order valence-electron chi connectivity index (χ3n) is 6.57. The molecule has 0 amide bonds. The molecule has 0 bridgehead atoms. The van der Waals surface area contributed by atoms with E-state index in [-0.39, 0.29) is 11.2 Å². The van der Waals surface area contributed by atoms with Gasteiger partial charge in [0.1, 0.15) is 6.10 Å². The maximum absolute atomic E-state index is 10.6. The second kappa shape index (κ2) is 12.2. The summed E-state index contributed by atoms with van der Waals surface area (Å²) in [5.41, 5.74) is 9.33. The van der Waals surface area contributed by atoms with Gasteiger partial charge in [0.05, 0.1) is 18.5 Å². The van der Waals surface area contributed by atoms with E-state index in [4.69, 9.17) is 27.2 Å². The van der Waals surface area contributed by atoms with Crippen molar-refractivity contribution in [1.29, 1.82) is 0 Å². The molecular weight excluding hydrogens is 553 g/mol. The fraction of sp³-hybridized carbons (Fsp3) is 0.308. The van der Waals surface area contributed by atoms with Crippen LogP contribution in [0.2, 0.25) is 5.28 Å². The molecule has 1 aliphatic rings. The molecule has 2 aromatic heterocycles. The summed E-state index contributed by atoms with van der Waals surface area (Å²) >= 11 is 6.26. The van der Waals surface area contributed by atoms with Crippen molar-refractivity contribution in [3.8, 4) is 0 Å². The first-order valence-corrected chi connectivity index (χ1v) is 12.5. The lowest BCUT2D eigenvalue weighted by molar-refractivity contribution is -0.192. The minimum Gasteiger partial charge on any atom is -0.475 e. The van der Waals surface area contributed by atoms with E-state index in [1.165, 1.54) is 11.1 Å². The molecule has 2 heterocycles. The molecule has 10 nitrogen and oxygen atoms in total. The number of benzene rings is 2. The van der Waals surface area contributed by atoms with Crippen LogP contribution in [0.4, 0.5) is 19.0 Å². The van der Waals surface area contributed by atoms with Crippen molar-refractivity contribution >= 4 is 34.6 Å². The Labute approximate surface area is 231 Å². The van der Waals surface area contributed by atoms with E-state index in [1.807, 2.05) is 36.4 Å². The SMILES string of the molecule is N[C@H]1CC(n2cnc3c(NCC(c4ccccc4)c4ccccc4)nc(Cl)nc32)[C@H](O)[C@@H]1O.O=C(O)C(F)(F)F. The number of carboxylic acid groups (broad SMARTS) is 1. The van der Waals surface area contributed by atoms with E-state index in [1.54, 1.807) is 10.9 Å². The highest BCUT2D eigenvalue weighted by Crippen LogP contribution is 2.34. The number of aliphatic hydroxyl groups is 2. The number of halogens is 4. The minimum atomic E-state index is -5.08. The van der Waals surface area contributed by atoms with Crippen LogP contribution in [0.1, 0.15) is 29.5 Å². The number of carboxylic acids is 1. The van der Waals surface area contributed by atoms with Crippen LogP contribution in [0, 0.1) is 0 Å². The number of nitrogens with zero attached hydrogens (tertiary/aromatic N) is 4. The molecule has 0 aliphatic heterocycles. The van der Waals surface area contributed by atoms with Crippen LogP contribution in [0.5, 0.6) is 0 Å². The molecule has 1 aliphatic carbocycles. The lowest BCUT2D eigenvalue weighted by Gasteiger charge is -2.20. The molecule has 5 rings (SSSR count). The number of alkyl halides is 3. The van der Waals surface area contributed by atoms with Gasteiger partial charge in [-0.3, -0.25) is 0 Å². The normalized spacial score (nSPS) is 20.8. The number of fused-ring (bicyclic) bond motifs is 1. The molecule has 6 N–H and O–H groups in total. The van der Waals surface area contributed by atoms with Gasteiger partial charge in [-0.2, -0.15) is 23.1 Å². The lowest BCUT2D eigenvalue weighted by Crippen LogP contribution is -2.35. The van der Waals surface area contributed by atoms with Crippen LogP contribution in [-0.2, 0) is 4.79 Å². The number of rotatable bonds is 6. The maximum atomic E-state index is 10.6. The van der Waals surface area contributed by atoms with Gasteiger partial charge in [-0.25, -0.2) is 9.78 Å². The van der Waals surface area contributed by atoms with E-state index in [9.17, 15) is 23.4 Å². The van der Waals surface area contributed by atoms with Gasteiger partial charge in [0.25, 0.3) is 0 Å². The minimum absolute atomic E-state index is 0.0695. The Balaban J connectivity index is 0.000000470. The van der Waals surface area contributed by atoms with Crippen molar-refractivity contribution in [1.82, 2.24) is 19.5 Å². The number of hydrogen-bond donors (Lipinski definition) is 5. The number of nitrogens with two attached hydrogens (primary N) is 1. The van der Waals surface area contributed by atoms with Gasteiger partial charge < -0.3 is 30.9 Å². The Bertz CT molecular complexity index is 1400. The zero-order valence-electron chi connectivity index (χ0n) is 20.8. The molecule has 4 aromatic rings. The van der Waals surface area contributed by atoms with Crippen LogP contribution in [0.15, 0.2) is 67.0 Å². The Morgan fingerprint density at radius 1 is 1.05 bits per heavy atom. The average Bonchev–Trinajstić information content (AvgIpc) is 3.45. The van der Waals surface area contributed by atoms with Gasteiger partial charge in [-0.1, -0.05) is 60.7 Å². The number of aliphatic hydroxyl groups excluding tert-OH is 2. The largest absolute Gasteiger partial charge is 0.490 e. The Kier molecular flexibility index (Phi) is 8.88. The fourth-order valence-corrected chi connectivity index (χ4v) is 4.73. The van der Waals surface area contributed by atoms with Gasteiger partial charge in [-0.05, 0) is 29.1 Å². The summed E-state index contributed by atoms with van der Waals surface area (Å²) in [5.74, 6) is -2.16. The first-order valence-electron chi connectivity index (χ1n) is 12.1. The van der Waals surface area contributed by atoms with E-state index in [0.29, 0.717) is 29.9 Å². The molecular formula is C26H26ClF3N6O4. The first-order chi connectivity index (χ1) is 19.0. The number of carbonyl (C=O) groups is 1. The predicted molar refractivity (Wildman–Crippen MR) is 141 cm³/mol. The van der Waals surface area contributed by atoms with Crippen LogP contribution < -0.4 is 11.1 Å². The van der Waals surface area contributed by atoms with E-state index in [0.717, 1.165) is 0 Å². The first kappa shape index (κ1) is 29.2. The van der Waals surface area contributed by atoms with Gasteiger partial charge in [0, 0.05) is 18.5 Å². The highest BCUT2D eigenvalue weighted by atomic mass is 35.5. The summed E-state index contributed by atoms with van der Waals surface area (Å²) < 4.78 is 33.5. The van der Waals surface area contributed by atoms with Crippen molar-refractivity contribution in [3.63, 3.8) is 0 Å². The summed E-state index contributed by atoms with van der Waals surface area (Å²) in [5, 5.41) is 31.2. The third kappa shape index (κ3) is 6.50. The highest BCUT2D eigenvalue weighted by molar-refractivity contribution is 6.28. The van der Waals surface area contributed by atoms with Crippen LogP contribution >= 0.6 is 11.6 Å². The number of aromatic nitrogens is 4. The molecule has 40 heavy (non-hydrogen) atoms. The van der Waals surface area contributed by atoms with Crippen molar-refractivity contribution in [2.45, 2.75) is 42.8 Å². The quantitative estimate of drug-likeness (QED) is 0.216. The molecule has 1 saturated carbocycles. The molecule has 0 spiro atoms. The predicted octanol–water partition coefficient (Wildman–Crippen LogP) is 3.35. The zero-order valence-corrected chi connectivity index (χ0v) is 21.5. The molecule has 0 saturated heterocycles. The highest BCUT2D eigenvalue weighted by Gasteiger charge is 2.41. The van der Waals surface area contributed by atoms with Crippen molar-refractivity contribution in [2.24, 2.45) is 5.73 Å². The second-order valence-corrected chi connectivity index (χ2v) is 9.51. The Hall–Kier alpha value is -3.78. The molecule has 4 atom stereocenters. The number of nitrogens with one attached hydrogen (secondary N) is 1. The smallest absolute Gasteiger partial charge is 0.475 e. The summed E-state index contributed by atoms with van der Waals surface area (Å²) in [6, 6.07) is 19.6. The third-order valence-corrected chi connectivity index (χ3v) is 6.74.